The Morgan fingerprint density at radius 2 is 1.41 bits per heavy atom. The van der Waals surface area contributed by atoms with E-state index in [-0.39, 0.29) is 0 Å². The molecule has 0 aliphatic heterocycles. The van der Waals surface area contributed by atoms with E-state index in [1.807, 2.05) is 48.5 Å². The minimum absolute atomic E-state index is 0.757. The molecule has 0 aliphatic carbocycles. The largest absolute Gasteiger partial charge is 0.400 e. The maximum Gasteiger partial charge on any atom is 0.150 e. The Kier molecular flexibility index (Phi) is 12.0. The molecule has 2 nitrogen and oxygen atoms in total. The van der Waals surface area contributed by atoms with Crippen LogP contribution >= 0.6 is 0 Å². The van der Waals surface area contributed by atoms with Gasteiger partial charge in [0.15, 0.2) is 0 Å². The van der Waals surface area contributed by atoms with Gasteiger partial charge < -0.3 is 5.11 Å². The molecule has 116 valence electrons. The summed E-state index contributed by atoms with van der Waals surface area (Å²) in [6, 6.07) is 17.8. The van der Waals surface area contributed by atoms with Crippen molar-refractivity contribution in [1.82, 2.24) is 0 Å². The van der Waals surface area contributed by atoms with E-state index >= 15 is 0 Å². The molecule has 0 saturated carbocycles. The van der Waals surface area contributed by atoms with E-state index in [9.17, 15) is 4.79 Å². The second kappa shape index (κ2) is 13.5. The molecule has 0 aromatic heterocycles. The van der Waals surface area contributed by atoms with Crippen molar-refractivity contribution in [1.29, 1.82) is 0 Å². The molecule has 2 aromatic rings. The molecule has 2 heteroatoms. The van der Waals surface area contributed by atoms with Crippen molar-refractivity contribution >= 4 is 6.29 Å². The highest BCUT2D eigenvalue weighted by molar-refractivity contribution is 5.77. The summed E-state index contributed by atoms with van der Waals surface area (Å²) >= 11 is 0. The van der Waals surface area contributed by atoms with E-state index in [1.165, 1.54) is 5.56 Å². The van der Waals surface area contributed by atoms with Crippen LogP contribution in [-0.4, -0.2) is 18.5 Å². The summed E-state index contributed by atoms with van der Waals surface area (Å²) in [7, 11) is 1.00. The van der Waals surface area contributed by atoms with E-state index in [0.717, 1.165) is 37.4 Å². The van der Waals surface area contributed by atoms with Crippen LogP contribution < -0.4 is 0 Å². The molecule has 2 rings (SSSR count). The number of carbonyl (C=O) groups excluding carboxylic acids is 1. The maximum absolute atomic E-state index is 10.5. The number of aldehydes is 1. The van der Waals surface area contributed by atoms with E-state index in [2.05, 4.69) is 25.3 Å². The lowest BCUT2D eigenvalue weighted by molar-refractivity contribution is 0.112. The molecule has 0 bridgehead atoms. The molecule has 0 radical (unpaired) electrons. The van der Waals surface area contributed by atoms with Gasteiger partial charge in [0, 0.05) is 12.7 Å². The van der Waals surface area contributed by atoms with Crippen molar-refractivity contribution in [3.63, 3.8) is 0 Å². The van der Waals surface area contributed by atoms with E-state index in [1.54, 1.807) is 6.08 Å². The van der Waals surface area contributed by atoms with Crippen LogP contribution in [0.1, 0.15) is 21.5 Å². The molecule has 0 atom stereocenters. The van der Waals surface area contributed by atoms with Crippen molar-refractivity contribution < 1.29 is 9.90 Å². The normalized spacial score (nSPS) is 8.45. The van der Waals surface area contributed by atoms with Gasteiger partial charge in [0.1, 0.15) is 6.29 Å². The van der Waals surface area contributed by atoms with Crippen LogP contribution in [-0.2, 0) is 12.8 Å². The lowest BCUT2D eigenvalue weighted by atomic mass is 10.1. The average molecular weight is 296 g/mol. The van der Waals surface area contributed by atoms with Gasteiger partial charge in [0.2, 0.25) is 0 Å². The Hall–Kier alpha value is -2.45. The second-order valence-corrected chi connectivity index (χ2v) is 4.29. The van der Waals surface area contributed by atoms with E-state index in [0.29, 0.717) is 0 Å². The first kappa shape index (κ1) is 19.6. The van der Waals surface area contributed by atoms with Crippen LogP contribution in [0.5, 0.6) is 0 Å². The maximum atomic E-state index is 10.5. The SMILES string of the molecule is C=CCc1ccccc1.C=CCc1ccccc1C=O.CO. The molecule has 2 aromatic carbocycles. The zero-order valence-corrected chi connectivity index (χ0v) is 13.1. The van der Waals surface area contributed by atoms with Crippen molar-refractivity contribution in [3.8, 4) is 0 Å². The molecule has 0 saturated heterocycles. The minimum Gasteiger partial charge on any atom is -0.400 e. The van der Waals surface area contributed by atoms with Gasteiger partial charge in [-0.05, 0) is 24.0 Å². The first-order valence-electron chi connectivity index (χ1n) is 7.05. The van der Waals surface area contributed by atoms with Crippen molar-refractivity contribution in [2.75, 3.05) is 7.11 Å². The van der Waals surface area contributed by atoms with Crippen LogP contribution in [0.4, 0.5) is 0 Å². The van der Waals surface area contributed by atoms with Crippen LogP contribution in [0.3, 0.4) is 0 Å². The smallest absolute Gasteiger partial charge is 0.150 e. The highest BCUT2D eigenvalue weighted by Gasteiger charge is 1.95. The lowest BCUT2D eigenvalue weighted by Crippen LogP contribution is -1.88. The lowest BCUT2D eigenvalue weighted by Gasteiger charge is -1.98. The highest BCUT2D eigenvalue weighted by atomic mass is 16.2. The Balaban J connectivity index is 0.000000366. The van der Waals surface area contributed by atoms with Crippen LogP contribution in [0, 0.1) is 0 Å². The Bertz CT molecular complexity index is 545. The number of benzene rings is 2. The summed E-state index contributed by atoms with van der Waals surface area (Å²) in [4.78, 5) is 10.5. The van der Waals surface area contributed by atoms with Gasteiger partial charge >= 0.3 is 0 Å². The fraction of sp³-hybridized carbons (Fsp3) is 0.150. The molecule has 0 amide bonds. The minimum atomic E-state index is 0.757. The van der Waals surface area contributed by atoms with Gasteiger partial charge in [-0.15, -0.1) is 13.2 Å². The quantitative estimate of drug-likeness (QED) is 0.661. The Morgan fingerprint density at radius 1 is 0.864 bits per heavy atom. The monoisotopic (exact) mass is 296 g/mol. The molecule has 0 heterocycles. The molecule has 1 N–H and O–H groups in total. The standard InChI is InChI=1S/C10H10O.C9H10.CH4O/c1-2-5-9-6-3-4-7-10(9)8-11;1-2-6-9-7-4-3-5-8-9;1-2/h2-4,6-8H,1,5H2;2-5,7-8H,1,6H2;2H,1H3. The first-order valence-corrected chi connectivity index (χ1v) is 7.05. The van der Waals surface area contributed by atoms with Crippen molar-refractivity contribution in [2.24, 2.45) is 0 Å². The van der Waals surface area contributed by atoms with Crippen LogP contribution in [0.15, 0.2) is 79.9 Å². The fourth-order valence-electron chi connectivity index (χ4n) is 1.77. The van der Waals surface area contributed by atoms with Crippen LogP contribution in [0.2, 0.25) is 0 Å². The van der Waals surface area contributed by atoms with E-state index < -0.39 is 0 Å². The van der Waals surface area contributed by atoms with Gasteiger partial charge in [0.25, 0.3) is 0 Å². The molecular weight excluding hydrogens is 272 g/mol. The zero-order chi connectivity index (χ0) is 16.6. The number of aliphatic hydroxyl groups excluding tert-OH is 1. The predicted octanol–water partition coefficient (Wildman–Crippen LogP) is 4.25. The number of allylic oxidation sites excluding steroid dienone is 2. The highest BCUT2D eigenvalue weighted by Crippen LogP contribution is 2.06. The third-order valence-electron chi connectivity index (χ3n) is 2.77. The van der Waals surface area contributed by atoms with Gasteiger partial charge in [-0.1, -0.05) is 66.7 Å². The molecule has 0 spiro atoms. The van der Waals surface area contributed by atoms with Gasteiger partial charge in [-0.3, -0.25) is 4.79 Å². The van der Waals surface area contributed by atoms with Gasteiger partial charge in [-0.2, -0.15) is 0 Å². The third-order valence-corrected chi connectivity index (χ3v) is 2.77. The Labute approximate surface area is 133 Å². The summed E-state index contributed by atoms with van der Waals surface area (Å²) in [5.41, 5.74) is 3.12. The number of carbonyl (C=O) groups is 1. The number of hydrogen-bond acceptors (Lipinski definition) is 2. The topological polar surface area (TPSA) is 37.3 Å². The zero-order valence-electron chi connectivity index (χ0n) is 13.1. The number of aliphatic hydroxyl groups is 1. The average Bonchev–Trinajstić information content (AvgIpc) is 2.59. The summed E-state index contributed by atoms with van der Waals surface area (Å²) in [6.07, 6.45) is 6.31. The van der Waals surface area contributed by atoms with Crippen LogP contribution in [0.25, 0.3) is 0 Å². The Morgan fingerprint density at radius 3 is 1.95 bits per heavy atom. The molecule has 22 heavy (non-hydrogen) atoms. The summed E-state index contributed by atoms with van der Waals surface area (Å²) in [6.45, 7) is 7.27. The van der Waals surface area contributed by atoms with Gasteiger partial charge in [-0.25, -0.2) is 0 Å². The van der Waals surface area contributed by atoms with Crippen molar-refractivity contribution in [3.05, 3.63) is 96.6 Å². The van der Waals surface area contributed by atoms with Gasteiger partial charge in [0.05, 0.1) is 0 Å². The summed E-state index contributed by atoms with van der Waals surface area (Å²) in [5, 5.41) is 7.00. The molecule has 0 unspecified atom stereocenters. The third kappa shape index (κ3) is 7.98. The summed E-state index contributed by atoms with van der Waals surface area (Å²) < 4.78 is 0. The van der Waals surface area contributed by atoms with Crippen molar-refractivity contribution in [2.45, 2.75) is 12.8 Å². The molecule has 0 fully saturated rings. The molecule has 0 aliphatic rings. The predicted molar refractivity (Wildman–Crippen MR) is 94.2 cm³/mol. The fourth-order valence-corrected chi connectivity index (χ4v) is 1.77. The first-order chi connectivity index (χ1) is 10.8. The molecular formula is C20H24O2. The second-order valence-electron chi connectivity index (χ2n) is 4.29. The number of hydrogen-bond donors (Lipinski definition) is 1. The number of rotatable bonds is 5. The summed E-state index contributed by atoms with van der Waals surface area (Å²) in [5.74, 6) is 0. The van der Waals surface area contributed by atoms with E-state index in [4.69, 9.17) is 5.11 Å².